The molecule has 10 nitrogen and oxygen atoms in total. The van der Waals surface area contributed by atoms with Gasteiger partial charge in [-0.05, 0) is 73.6 Å². The Labute approximate surface area is 255 Å². The van der Waals surface area contributed by atoms with Crippen LogP contribution in [0.25, 0.3) is 0 Å². The second kappa shape index (κ2) is 14.5. The highest BCUT2D eigenvalue weighted by Crippen LogP contribution is 2.35. The first-order valence-corrected chi connectivity index (χ1v) is 16.2. The zero-order valence-corrected chi connectivity index (χ0v) is 26.2. The summed E-state index contributed by atoms with van der Waals surface area (Å²) in [7, 11) is -3.33. The number of unbranched alkanes of at least 4 members (excludes halogenated alkanes) is 1. The van der Waals surface area contributed by atoms with Crippen molar-refractivity contribution in [3.63, 3.8) is 0 Å². The number of halogens is 1. The van der Waals surface area contributed by atoms with Crippen molar-refractivity contribution in [2.24, 2.45) is 5.92 Å². The number of benzene rings is 2. The SMILES string of the molecule is CCCCN1C(=O)[C@@H](CC(C)CO)NC(=O)C12CCN(Cc1ccc(Oc3ccc(NS(C)(=O)=O)cc3)cc1)CC2.Cl. The van der Waals surface area contributed by atoms with Crippen molar-refractivity contribution in [3.05, 3.63) is 54.1 Å². The first kappa shape index (κ1) is 33.6. The molecule has 1 unspecified atom stereocenters. The number of sulfonamides is 1. The molecule has 2 heterocycles. The van der Waals surface area contributed by atoms with Crippen LogP contribution in [0.2, 0.25) is 0 Å². The number of anilines is 1. The molecule has 2 fully saturated rings. The fourth-order valence-electron chi connectivity index (χ4n) is 5.59. The molecule has 2 saturated heterocycles. The summed E-state index contributed by atoms with van der Waals surface area (Å²) in [4.78, 5) is 31.1. The molecule has 12 heteroatoms. The lowest BCUT2D eigenvalue weighted by atomic mass is 9.80. The minimum Gasteiger partial charge on any atom is -0.457 e. The van der Waals surface area contributed by atoms with Gasteiger partial charge in [0.05, 0.1) is 6.26 Å². The average molecular weight is 623 g/mol. The fourth-order valence-corrected chi connectivity index (χ4v) is 6.16. The molecule has 2 amide bonds. The van der Waals surface area contributed by atoms with Gasteiger partial charge in [-0.25, -0.2) is 8.42 Å². The number of nitrogens with one attached hydrogen (secondary N) is 2. The van der Waals surface area contributed by atoms with E-state index in [-0.39, 0.29) is 36.7 Å². The number of hydrogen-bond donors (Lipinski definition) is 3. The lowest BCUT2D eigenvalue weighted by Crippen LogP contribution is -2.73. The van der Waals surface area contributed by atoms with E-state index in [1.54, 1.807) is 24.3 Å². The van der Waals surface area contributed by atoms with Crippen molar-refractivity contribution in [1.29, 1.82) is 0 Å². The number of amides is 2. The molecular formula is C30H43ClN4O6S. The molecule has 0 radical (unpaired) electrons. The number of aliphatic hydroxyl groups is 1. The van der Waals surface area contributed by atoms with Gasteiger partial charge in [-0.1, -0.05) is 32.4 Å². The van der Waals surface area contributed by atoms with Crippen molar-refractivity contribution in [2.75, 3.05) is 37.2 Å². The summed E-state index contributed by atoms with van der Waals surface area (Å²) in [6.07, 6.45) is 4.51. The third-order valence-corrected chi connectivity index (χ3v) is 8.51. The van der Waals surface area contributed by atoms with Crippen LogP contribution < -0.4 is 14.8 Å². The summed E-state index contributed by atoms with van der Waals surface area (Å²) < 4.78 is 31.1. The molecule has 0 aromatic heterocycles. The maximum Gasteiger partial charge on any atom is 0.246 e. The van der Waals surface area contributed by atoms with E-state index in [2.05, 4.69) is 21.9 Å². The average Bonchev–Trinajstić information content (AvgIpc) is 2.94. The molecule has 3 N–H and O–H groups in total. The van der Waals surface area contributed by atoms with E-state index < -0.39 is 21.6 Å². The van der Waals surface area contributed by atoms with E-state index in [9.17, 15) is 23.1 Å². The van der Waals surface area contributed by atoms with E-state index in [0.717, 1.165) is 31.2 Å². The van der Waals surface area contributed by atoms with Crippen LogP contribution in [0, 0.1) is 5.92 Å². The Hall–Kier alpha value is -2.86. The molecule has 0 saturated carbocycles. The molecular weight excluding hydrogens is 580 g/mol. The topological polar surface area (TPSA) is 128 Å². The Morgan fingerprint density at radius 3 is 2.21 bits per heavy atom. The predicted molar refractivity (Wildman–Crippen MR) is 165 cm³/mol. The van der Waals surface area contributed by atoms with E-state index >= 15 is 0 Å². The molecule has 0 bridgehead atoms. The zero-order valence-electron chi connectivity index (χ0n) is 24.5. The third-order valence-electron chi connectivity index (χ3n) is 7.90. The van der Waals surface area contributed by atoms with Gasteiger partial charge in [0.1, 0.15) is 23.1 Å². The molecule has 2 aliphatic rings. The van der Waals surface area contributed by atoms with Crippen LogP contribution in [0.1, 0.15) is 51.5 Å². The van der Waals surface area contributed by atoms with Crippen LogP contribution in [0.15, 0.2) is 48.5 Å². The molecule has 2 aromatic rings. The summed E-state index contributed by atoms with van der Waals surface area (Å²) in [6.45, 7) is 6.66. The summed E-state index contributed by atoms with van der Waals surface area (Å²) in [5.74, 6) is 1.12. The second-order valence-corrected chi connectivity index (χ2v) is 13.1. The van der Waals surface area contributed by atoms with Crippen molar-refractivity contribution in [1.82, 2.24) is 15.1 Å². The minimum atomic E-state index is -3.33. The van der Waals surface area contributed by atoms with Crippen molar-refractivity contribution in [3.8, 4) is 11.5 Å². The quantitative estimate of drug-likeness (QED) is 0.329. The van der Waals surface area contributed by atoms with Crippen molar-refractivity contribution >= 4 is 39.9 Å². The number of piperidine rings is 1. The van der Waals surface area contributed by atoms with Gasteiger partial charge >= 0.3 is 0 Å². The van der Waals surface area contributed by atoms with Crippen LogP contribution in [-0.2, 0) is 26.2 Å². The monoisotopic (exact) mass is 622 g/mol. The van der Waals surface area contributed by atoms with E-state index in [4.69, 9.17) is 4.74 Å². The van der Waals surface area contributed by atoms with E-state index in [0.29, 0.717) is 56.1 Å². The first-order valence-electron chi connectivity index (χ1n) is 14.3. The maximum atomic E-state index is 13.5. The van der Waals surface area contributed by atoms with Crippen LogP contribution >= 0.6 is 12.4 Å². The van der Waals surface area contributed by atoms with E-state index in [1.807, 2.05) is 36.1 Å². The number of rotatable bonds is 12. The normalized spacial score (nSPS) is 19.6. The number of carbonyl (C=O) groups excluding carboxylic acids is 2. The Morgan fingerprint density at radius 1 is 1.07 bits per heavy atom. The lowest BCUT2D eigenvalue weighted by molar-refractivity contribution is -0.162. The van der Waals surface area contributed by atoms with Crippen molar-refractivity contribution < 1.29 is 27.9 Å². The Bertz CT molecular complexity index is 1300. The molecule has 2 aliphatic heterocycles. The van der Waals surface area contributed by atoms with Gasteiger partial charge in [0.2, 0.25) is 21.8 Å². The largest absolute Gasteiger partial charge is 0.457 e. The van der Waals surface area contributed by atoms with Crippen molar-refractivity contribution in [2.45, 2.75) is 64.1 Å². The summed E-state index contributed by atoms with van der Waals surface area (Å²) in [5.41, 5.74) is 0.774. The van der Waals surface area contributed by atoms with Crippen LogP contribution in [0.5, 0.6) is 11.5 Å². The number of aliphatic hydroxyl groups excluding tert-OH is 1. The van der Waals surface area contributed by atoms with Crippen LogP contribution in [0.3, 0.4) is 0 Å². The standard InChI is InChI=1S/C30H42N4O6S.ClH/c1-4-5-16-34-28(36)27(19-22(2)21-35)31-29(37)30(34)14-17-33(18-15-30)20-23-6-10-25(11-7-23)40-26-12-8-24(9-13-26)32-41(3,38)39;/h6-13,22,27,32,35H,4-5,14-21H2,1-3H3,(H,31,37);1H/t22?,27-;/m1./s1. The van der Waals surface area contributed by atoms with Crippen LogP contribution in [-0.4, -0.2) is 79.2 Å². The van der Waals surface area contributed by atoms with Gasteiger partial charge in [-0.3, -0.25) is 19.2 Å². The highest BCUT2D eigenvalue weighted by atomic mass is 35.5. The molecule has 2 aromatic carbocycles. The highest BCUT2D eigenvalue weighted by Gasteiger charge is 2.53. The number of ether oxygens (including phenoxy) is 1. The van der Waals surface area contributed by atoms with Gasteiger partial charge < -0.3 is 20.1 Å². The number of hydrogen-bond acceptors (Lipinski definition) is 7. The molecule has 42 heavy (non-hydrogen) atoms. The van der Waals surface area contributed by atoms with Gasteiger partial charge in [-0.2, -0.15) is 0 Å². The summed E-state index contributed by atoms with van der Waals surface area (Å²) in [6, 6.07) is 13.9. The van der Waals surface area contributed by atoms with Gasteiger partial charge in [0.25, 0.3) is 0 Å². The maximum absolute atomic E-state index is 13.5. The second-order valence-electron chi connectivity index (χ2n) is 11.3. The van der Waals surface area contributed by atoms with E-state index in [1.165, 1.54) is 0 Å². The number of carbonyl (C=O) groups is 2. The highest BCUT2D eigenvalue weighted by molar-refractivity contribution is 7.92. The zero-order chi connectivity index (χ0) is 29.6. The summed E-state index contributed by atoms with van der Waals surface area (Å²) >= 11 is 0. The smallest absolute Gasteiger partial charge is 0.246 e. The van der Waals surface area contributed by atoms with Gasteiger partial charge in [0, 0.05) is 38.5 Å². The lowest BCUT2D eigenvalue weighted by Gasteiger charge is -2.52. The minimum absolute atomic E-state index is 0. The van der Waals surface area contributed by atoms with Gasteiger partial charge in [-0.15, -0.1) is 12.4 Å². The number of nitrogens with zero attached hydrogens (tertiary/aromatic N) is 2. The predicted octanol–water partition coefficient (Wildman–Crippen LogP) is 3.75. The Morgan fingerprint density at radius 2 is 1.67 bits per heavy atom. The molecule has 4 rings (SSSR count). The third kappa shape index (κ3) is 8.37. The molecule has 0 aliphatic carbocycles. The Balaban J connectivity index is 0.00000484. The van der Waals surface area contributed by atoms with Crippen LogP contribution in [0.4, 0.5) is 5.69 Å². The number of likely N-dealkylation sites (tertiary alicyclic amines) is 1. The van der Waals surface area contributed by atoms with Gasteiger partial charge in [0.15, 0.2) is 0 Å². The fraction of sp³-hybridized carbons (Fsp3) is 0.533. The number of piperazine rings is 1. The molecule has 1 spiro atoms. The first-order chi connectivity index (χ1) is 19.5. The molecule has 232 valence electrons. The summed E-state index contributed by atoms with van der Waals surface area (Å²) in [5, 5.41) is 12.5. The Kier molecular flexibility index (Phi) is 11.7. The molecule has 2 atom stereocenters.